The quantitative estimate of drug-likeness (QED) is 0.571. The van der Waals surface area contributed by atoms with E-state index < -0.39 is 5.82 Å². The van der Waals surface area contributed by atoms with Gasteiger partial charge in [0.15, 0.2) is 11.6 Å². The van der Waals surface area contributed by atoms with Crippen LogP contribution in [0.4, 0.5) is 14.5 Å². The number of hydrogen-bond donors (Lipinski definition) is 2. The first-order chi connectivity index (χ1) is 13.1. The number of imidazole rings is 1. The number of benzene rings is 2. The first kappa shape index (κ1) is 16.2. The second-order valence-corrected chi connectivity index (χ2v) is 6.91. The van der Waals surface area contributed by atoms with Crippen LogP contribution in [0.5, 0.6) is 0 Å². The molecule has 2 N–H and O–H groups in total. The van der Waals surface area contributed by atoms with Crippen LogP contribution in [0.1, 0.15) is 0 Å². The highest BCUT2D eigenvalue weighted by atomic mass is 19.1. The van der Waals surface area contributed by atoms with Crippen LogP contribution in [-0.4, -0.2) is 58.3 Å². The summed E-state index contributed by atoms with van der Waals surface area (Å²) in [4.78, 5) is 11.7. The Labute approximate surface area is 153 Å². The number of likely N-dealkylation sites (N-methyl/N-ethyl adjacent to an activating group) is 1. The van der Waals surface area contributed by atoms with Crippen molar-refractivity contribution in [3.05, 3.63) is 42.0 Å². The fourth-order valence-electron chi connectivity index (χ4n) is 3.64. The highest BCUT2D eigenvalue weighted by Gasteiger charge is 2.22. The molecule has 0 radical (unpaired) electrons. The van der Waals surface area contributed by atoms with Crippen molar-refractivity contribution >= 4 is 27.6 Å². The maximum absolute atomic E-state index is 15.2. The number of rotatable bonds is 2. The van der Waals surface area contributed by atoms with Crippen LogP contribution >= 0.6 is 0 Å². The molecular formula is C19H18F2N6. The van der Waals surface area contributed by atoms with Crippen molar-refractivity contribution < 1.29 is 8.78 Å². The number of fused-ring (bicyclic) bond motifs is 2. The van der Waals surface area contributed by atoms with Crippen molar-refractivity contribution in [1.82, 2.24) is 25.1 Å². The summed E-state index contributed by atoms with van der Waals surface area (Å²) in [6, 6.07) is 8.31. The van der Waals surface area contributed by atoms with E-state index in [0.29, 0.717) is 33.6 Å². The van der Waals surface area contributed by atoms with Gasteiger partial charge in [0, 0.05) is 26.2 Å². The Hall–Kier alpha value is -3.00. The normalized spacial score (nSPS) is 15.9. The molecule has 0 unspecified atom stereocenters. The van der Waals surface area contributed by atoms with E-state index in [9.17, 15) is 4.39 Å². The van der Waals surface area contributed by atoms with Crippen LogP contribution in [0.2, 0.25) is 0 Å². The monoisotopic (exact) mass is 368 g/mol. The average Bonchev–Trinajstić information content (AvgIpc) is 3.28. The van der Waals surface area contributed by atoms with E-state index in [0.717, 1.165) is 26.2 Å². The molecule has 0 aliphatic carbocycles. The van der Waals surface area contributed by atoms with Crippen molar-refractivity contribution in [2.75, 3.05) is 38.1 Å². The zero-order valence-corrected chi connectivity index (χ0v) is 14.8. The SMILES string of the molecule is CN1CCN(c2ccc3[nH]c(-c4n[nH]c5cccc(F)c45)nc3c2F)CC1. The zero-order chi connectivity index (χ0) is 18.5. The maximum atomic E-state index is 15.2. The fourth-order valence-corrected chi connectivity index (χ4v) is 3.64. The molecule has 1 aliphatic heterocycles. The topological polar surface area (TPSA) is 63.8 Å². The molecule has 1 saturated heterocycles. The van der Waals surface area contributed by atoms with Crippen molar-refractivity contribution in [2.24, 2.45) is 0 Å². The number of hydrogen-bond acceptors (Lipinski definition) is 4. The second kappa shape index (κ2) is 6.02. The Morgan fingerprint density at radius 2 is 1.81 bits per heavy atom. The predicted octanol–water partition coefficient (Wildman–Crippen LogP) is 3.14. The smallest absolute Gasteiger partial charge is 0.174 e. The van der Waals surface area contributed by atoms with Gasteiger partial charge in [0.1, 0.15) is 17.0 Å². The Bertz CT molecular complexity index is 1140. The van der Waals surface area contributed by atoms with Crippen LogP contribution in [0.25, 0.3) is 33.5 Å². The van der Waals surface area contributed by atoms with Crippen molar-refractivity contribution in [3.8, 4) is 11.5 Å². The van der Waals surface area contributed by atoms with Crippen molar-refractivity contribution in [3.63, 3.8) is 0 Å². The molecule has 0 atom stereocenters. The molecule has 4 aromatic rings. The summed E-state index contributed by atoms with van der Waals surface area (Å²) in [7, 11) is 2.06. The van der Waals surface area contributed by atoms with Crippen molar-refractivity contribution in [2.45, 2.75) is 0 Å². The summed E-state index contributed by atoms with van der Waals surface area (Å²) in [6.07, 6.45) is 0. The summed E-state index contributed by atoms with van der Waals surface area (Å²) in [5, 5.41) is 7.32. The molecule has 1 aliphatic rings. The molecule has 2 aromatic heterocycles. The van der Waals surface area contributed by atoms with Crippen LogP contribution in [0, 0.1) is 11.6 Å². The van der Waals surface area contributed by atoms with Gasteiger partial charge in [0.25, 0.3) is 0 Å². The maximum Gasteiger partial charge on any atom is 0.174 e. The number of H-pyrrole nitrogens is 2. The number of anilines is 1. The first-order valence-corrected chi connectivity index (χ1v) is 8.86. The third-order valence-electron chi connectivity index (χ3n) is 5.18. The van der Waals surface area contributed by atoms with Gasteiger partial charge in [0.05, 0.1) is 22.1 Å². The van der Waals surface area contributed by atoms with E-state index in [-0.39, 0.29) is 11.3 Å². The molecule has 5 rings (SSSR count). The highest BCUT2D eigenvalue weighted by Crippen LogP contribution is 2.31. The number of aromatic amines is 2. The fraction of sp³-hybridized carbons (Fsp3) is 0.263. The van der Waals surface area contributed by atoms with Gasteiger partial charge in [0.2, 0.25) is 0 Å². The minimum absolute atomic E-state index is 0.244. The molecule has 0 amide bonds. The van der Waals surface area contributed by atoms with Crippen LogP contribution < -0.4 is 4.90 Å². The van der Waals surface area contributed by atoms with E-state index in [4.69, 9.17) is 0 Å². The summed E-state index contributed by atoms with van der Waals surface area (Å²) in [5.41, 5.74) is 2.28. The van der Waals surface area contributed by atoms with E-state index in [1.165, 1.54) is 6.07 Å². The molecule has 8 heteroatoms. The minimum atomic E-state index is -0.393. The molecule has 0 bridgehead atoms. The average molecular weight is 368 g/mol. The van der Waals surface area contributed by atoms with E-state index in [1.807, 2.05) is 11.0 Å². The molecule has 1 fully saturated rings. The first-order valence-electron chi connectivity index (χ1n) is 8.86. The number of halogens is 2. The largest absolute Gasteiger partial charge is 0.367 e. The summed E-state index contributed by atoms with van der Waals surface area (Å²) in [5.74, 6) is -0.411. The van der Waals surface area contributed by atoms with Crippen molar-refractivity contribution in [1.29, 1.82) is 0 Å². The third-order valence-corrected chi connectivity index (χ3v) is 5.18. The molecule has 2 aromatic carbocycles. The van der Waals surface area contributed by atoms with Gasteiger partial charge < -0.3 is 14.8 Å². The van der Waals surface area contributed by atoms with Crippen LogP contribution in [-0.2, 0) is 0 Å². The molecule has 27 heavy (non-hydrogen) atoms. The van der Waals surface area contributed by atoms with E-state index in [2.05, 4.69) is 32.1 Å². The van der Waals surface area contributed by atoms with Crippen LogP contribution in [0.3, 0.4) is 0 Å². The third kappa shape index (κ3) is 2.56. The molecule has 0 saturated carbocycles. The molecular weight excluding hydrogens is 350 g/mol. The highest BCUT2D eigenvalue weighted by molar-refractivity contribution is 5.94. The van der Waals surface area contributed by atoms with Crippen LogP contribution in [0.15, 0.2) is 30.3 Å². The Kier molecular flexibility index (Phi) is 3.61. The number of piperazine rings is 1. The lowest BCUT2D eigenvalue weighted by Gasteiger charge is -2.34. The minimum Gasteiger partial charge on any atom is -0.367 e. The molecule has 138 valence electrons. The van der Waals surface area contributed by atoms with Gasteiger partial charge >= 0.3 is 0 Å². The Morgan fingerprint density at radius 3 is 2.63 bits per heavy atom. The summed E-state index contributed by atoms with van der Waals surface area (Å²) < 4.78 is 29.4. The van der Waals surface area contributed by atoms with E-state index >= 15 is 4.39 Å². The Morgan fingerprint density at radius 1 is 1.00 bits per heavy atom. The zero-order valence-electron chi connectivity index (χ0n) is 14.8. The molecule has 6 nitrogen and oxygen atoms in total. The van der Waals surface area contributed by atoms with Gasteiger partial charge in [-0.25, -0.2) is 13.8 Å². The molecule has 0 spiro atoms. The lowest BCUT2D eigenvalue weighted by atomic mass is 10.2. The summed E-state index contributed by atoms with van der Waals surface area (Å²) in [6.45, 7) is 3.32. The van der Waals surface area contributed by atoms with Gasteiger partial charge in [-0.15, -0.1) is 0 Å². The van der Waals surface area contributed by atoms with Gasteiger partial charge in [-0.3, -0.25) is 5.10 Å². The Balaban J connectivity index is 1.60. The van der Waals surface area contributed by atoms with Gasteiger partial charge in [-0.05, 0) is 31.3 Å². The van der Waals surface area contributed by atoms with Gasteiger partial charge in [-0.1, -0.05) is 6.07 Å². The van der Waals surface area contributed by atoms with Gasteiger partial charge in [-0.2, -0.15) is 5.10 Å². The lowest BCUT2D eigenvalue weighted by Crippen LogP contribution is -2.44. The summed E-state index contributed by atoms with van der Waals surface area (Å²) >= 11 is 0. The second-order valence-electron chi connectivity index (χ2n) is 6.91. The standard InChI is InChI=1S/C19H18F2N6/c1-26-7-9-27(10-8-26)14-6-5-13-17(16(14)21)23-19(22-13)18-15-11(20)3-2-4-12(15)24-25-18/h2-6H,7-10H2,1H3,(H,22,23)(H,24,25). The lowest BCUT2D eigenvalue weighted by molar-refractivity contribution is 0.312. The predicted molar refractivity (Wildman–Crippen MR) is 101 cm³/mol. The number of nitrogens with one attached hydrogen (secondary N) is 2. The number of nitrogens with zero attached hydrogens (tertiary/aromatic N) is 4. The molecule has 3 heterocycles. The number of aromatic nitrogens is 4. The van der Waals surface area contributed by atoms with E-state index in [1.54, 1.807) is 18.2 Å².